The van der Waals surface area contributed by atoms with Crippen molar-refractivity contribution < 1.29 is 12.8 Å². The third-order valence-corrected chi connectivity index (χ3v) is 5.89. The first kappa shape index (κ1) is 17.1. The van der Waals surface area contributed by atoms with Crippen molar-refractivity contribution in [2.24, 2.45) is 0 Å². The predicted octanol–water partition coefficient (Wildman–Crippen LogP) is 2.57. The van der Waals surface area contributed by atoms with E-state index in [-0.39, 0.29) is 10.5 Å². The first-order valence-corrected chi connectivity index (χ1v) is 10.4. The summed E-state index contributed by atoms with van der Waals surface area (Å²) < 4.78 is 39.6. The van der Waals surface area contributed by atoms with Crippen LogP contribution in [0.3, 0.4) is 0 Å². The zero-order chi connectivity index (χ0) is 18.3. The number of sulfone groups is 1. The highest BCUT2D eigenvalue weighted by Gasteiger charge is 2.19. The number of benzene rings is 1. The molecule has 0 unspecified atom stereocenters. The van der Waals surface area contributed by atoms with E-state index in [1.807, 2.05) is 4.68 Å². The summed E-state index contributed by atoms with van der Waals surface area (Å²) in [6.07, 6.45) is 6.57. The van der Waals surface area contributed by atoms with Gasteiger partial charge in [0.25, 0.3) is 0 Å². The number of pyridine rings is 1. The Kier molecular flexibility index (Phi) is 4.24. The third-order valence-electron chi connectivity index (χ3n) is 4.78. The smallest absolute Gasteiger partial charge is 0.175 e. The topological polar surface area (TPSA) is 76.9 Å². The average Bonchev–Trinajstić information content (AvgIpc) is 3.04. The molecule has 3 aromatic rings. The Morgan fingerprint density at radius 1 is 1.19 bits per heavy atom. The van der Waals surface area contributed by atoms with Crippen LogP contribution in [0.25, 0.3) is 22.2 Å². The number of hydrogen-bond donors (Lipinski definition) is 1. The quantitative estimate of drug-likeness (QED) is 0.762. The number of halogens is 1. The molecule has 136 valence electrons. The van der Waals surface area contributed by atoms with Gasteiger partial charge in [0.1, 0.15) is 5.82 Å². The lowest BCUT2D eigenvalue weighted by atomic mass is 10.1. The Bertz CT molecular complexity index is 1070. The van der Waals surface area contributed by atoms with E-state index in [2.05, 4.69) is 15.4 Å². The maximum absolute atomic E-state index is 14.4. The first-order valence-electron chi connectivity index (χ1n) is 8.47. The molecule has 1 N–H and O–H groups in total. The normalized spacial score (nSPS) is 16.2. The second-order valence-electron chi connectivity index (χ2n) is 6.61. The van der Waals surface area contributed by atoms with Gasteiger partial charge in [-0.25, -0.2) is 12.8 Å². The van der Waals surface area contributed by atoms with E-state index in [1.165, 1.54) is 12.1 Å². The van der Waals surface area contributed by atoms with Crippen molar-refractivity contribution in [1.29, 1.82) is 0 Å². The molecule has 3 heterocycles. The van der Waals surface area contributed by atoms with Gasteiger partial charge in [0.2, 0.25) is 0 Å². The average molecular weight is 374 g/mol. The Labute approximate surface area is 151 Å². The monoisotopic (exact) mass is 374 g/mol. The highest BCUT2D eigenvalue weighted by molar-refractivity contribution is 7.90. The minimum Gasteiger partial charge on any atom is -0.317 e. The molecule has 0 aliphatic carbocycles. The van der Waals surface area contributed by atoms with E-state index >= 15 is 0 Å². The first-order chi connectivity index (χ1) is 12.4. The lowest BCUT2D eigenvalue weighted by Crippen LogP contribution is -2.29. The van der Waals surface area contributed by atoms with Crippen LogP contribution in [0.15, 0.2) is 41.6 Å². The van der Waals surface area contributed by atoms with Crippen molar-refractivity contribution in [3.63, 3.8) is 0 Å². The largest absolute Gasteiger partial charge is 0.317 e. The second-order valence-corrected chi connectivity index (χ2v) is 8.63. The van der Waals surface area contributed by atoms with Crippen LogP contribution >= 0.6 is 0 Å². The van der Waals surface area contributed by atoms with Crippen LogP contribution in [0, 0.1) is 5.82 Å². The molecule has 0 radical (unpaired) electrons. The summed E-state index contributed by atoms with van der Waals surface area (Å²) in [5, 5.41) is 8.72. The molecule has 4 rings (SSSR count). The molecule has 1 saturated heterocycles. The van der Waals surface area contributed by atoms with Crippen LogP contribution in [0.5, 0.6) is 0 Å². The van der Waals surface area contributed by atoms with Gasteiger partial charge in [0.15, 0.2) is 9.84 Å². The molecule has 2 aromatic heterocycles. The molecule has 0 spiro atoms. The highest BCUT2D eigenvalue weighted by atomic mass is 32.2. The van der Waals surface area contributed by atoms with Gasteiger partial charge in [-0.15, -0.1) is 0 Å². The molecule has 1 aromatic carbocycles. The van der Waals surface area contributed by atoms with Crippen molar-refractivity contribution in [2.45, 2.75) is 23.8 Å². The number of aromatic nitrogens is 3. The van der Waals surface area contributed by atoms with Crippen molar-refractivity contribution >= 4 is 20.7 Å². The lowest BCUT2D eigenvalue weighted by Gasteiger charge is -2.23. The molecular weight excluding hydrogens is 355 g/mol. The molecule has 1 aliphatic rings. The maximum atomic E-state index is 14.4. The Morgan fingerprint density at radius 3 is 2.65 bits per heavy atom. The van der Waals surface area contributed by atoms with Crippen molar-refractivity contribution in [3.05, 3.63) is 42.5 Å². The Balaban J connectivity index is 1.72. The fraction of sp³-hybridized carbons (Fsp3) is 0.333. The van der Waals surface area contributed by atoms with Gasteiger partial charge in [-0.3, -0.25) is 9.67 Å². The van der Waals surface area contributed by atoms with Gasteiger partial charge >= 0.3 is 0 Å². The summed E-state index contributed by atoms with van der Waals surface area (Å²) in [5.41, 5.74) is 1.66. The van der Waals surface area contributed by atoms with E-state index in [9.17, 15) is 12.8 Å². The molecule has 0 saturated carbocycles. The van der Waals surface area contributed by atoms with E-state index in [0.29, 0.717) is 11.7 Å². The number of fused-ring (bicyclic) bond motifs is 1. The Hall–Kier alpha value is -2.32. The lowest BCUT2D eigenvalue weighted by molar-refractivity contribution is 0.351. The second kappa shape index (κ2) is 6.44. The summed E-state index contributed by atoms with van der Waals surface area (Å²) in [5.74, 6) is -0.606. The fourth-order valence-corrected chi connectivity index (χ4v) is 4.00. The Morgan fingerprint density at radius 2 is 1.96 bits per heavy atom. The highest BCUT2D eigenvalue weighted by Crippen LogP contribution is 2.28. The zero-order valence-corrected chi connectivity index (χ0v) is 15.1. The summed E-state index contributed by atoms with van der Waals surface area (Å²) in [4.78, 5) is 4.35. The van der Waals surface area contributed by atoms with Crippen LogP contribution in [0.2, 0.25) is 0 Å². The van der Waals surface area contributed by atoms with Crippen LogP contribution in [-0.2, 0) is 9.84 Å². The molecular formula is C18H19FN4O2S. The fourth-order valence-electron chi connectivity index (χ4n) is 3.37. The maximum Gasteiger partial charge on any atom is 0.175 e. The summed E-state index contributed by atoms with van der Waals surface area (Å²) in [6, 6.07) is 6.02. The van der Waals surface area contributed by atoms with Crippen molar-refractivity contribution in [3.8, 4) is 11.3 Å². The summed E-state index contributed by atoms with van der Waals surface area (Å²) >= 11 is 0. The van der Waals surface area contributed by atoms with E-state index < -0.39 is 15.7 Å². The van der Waals surface area contributed by atoms with E-state index in [0.717, 1.165) is 49.2 Å². The van der Waals surface area contributed by atoms with E-state index in [4.69, 9.17) is 0 Å². The van der Waals surface area contributed by atoms with Crippen molar-refractivity contribution in [2.75, 3.05) is 19.3 Å². The summed E-state index contributed by atoms with van der Waals surface area (Å²) in [7, 11) is -3.45. The van der Waals surface area contributed by atoms with Crippen LogP contribution in [-0.4, -0.2) is 42.5 Å². The minimum atomic E-state index is -3.45. The standard InChI is InChI=1S/C18H19FN4O2S/c1-26(24,25)14-2-3-15(16(19)9-14)17-8-12-10-22-23(18(12)11-21-17)13-4-6-20-7-5-13/h2-3,8-11,13,20H,4-7H2,1H3. The SMILES string of the molecule is CS(=O)(=O)c1ccc(-c2cc3cnn(C4CCNCC4)c3cn2)c(F)c1. The van der Waals surface area contributed by atoms with Crippen molar-refractivity contribution in [1.82, 2.24) is 20.1 Å². The van der Waals surface area contributed by atoms with Gasteiger partial charge in [-0.2, -0.15) is 5.10 Å². The van der Waals surface area contributed by atoms with Gasteiger partial charge in [-0.05, 0) is 50.2 Å². The van der Waals surface area contributed by atoms with Crippen LogP contribution < -0.4 is 5.32 Å². The van der Waals surface area contributed by atoms with Crippen LogP contribution in [0.4, 0.5) is 4.39 Å². The minimum absolute atomic E-state index is 0.0430. The molecule has 8 heteroatoms. The number of nitrogens with zero attached hydrogens (tertiary/aromatic N) is 3. The van der Waals surface area contributed by atoms with Crippen LogP contribution in [0.1, 0.15) is 18.9 Å². The number of piperidine rings is 1. The molecule has 6 nitrogen and oxygen atoms in total. The van der Waals surface area contributed by atoms with Gasteiger partial charge in [-0.1, -0.05) is 0 Å². The number of rotatable bonds is 3. The molecule has 0 atom stereocenters. The van der Waals surface area contributed by atoms with Gasteiger partial charge in [0.05, 0.1) is 34.5 Å². The van der Waals surface area contributed by atoms with Gasteiger partial charge in [0, 0.05) is 17.2 Å². The summed E-state index contributed by atoms with van der Waals surface area (Å²) in [6.45, 7) is 1.94. The predicted molar refractivity (Wildman–Crippen MR) is 97.2 cm³/mol. The van der Waals surface area contributed by atoms with Gasteiger partial charge < -0.3 is 5.32 Å². The van der Waals surface area contributed by atoms with E-state index in [1.54, 1.807) is 18.5 Å². The zero-order valence-electron chi connectivity index (χ0n) is 14.3. The molecule has 1 fully saturated rings. The molecule has 0 amide bonds. The third kappa shape index (κ3) is 3.10. The number of hydrogen-bond acceptors (Lipinski definition) is 5. The molecule has 26 heavy (non-hydrogen) atoms. The molecule has 1 aliphatic heterocycles. The number of nitrogens with one attached hydrogen (secondary N) is 1. The molecule has 0 bridgehead atoms.